The predicted octanol–water partition coefficient (Wildman–Crippen LogP) is 3.43. The molecule has 1 aromatic heterocycles. The topological polar surface area (TPSA) is 51.5 Å². The summed E-state index contributed by atoms with van der Waals surface area (Å²) in [5, 5.41) is 0. The Morgan fingerprint density at radius 3 is 2.48 bits per heavy atom. The number of rotatable bonds is 4. The number of fused-ring (bicyclic) bond motifs is 1. The number of hydrogen-bond acceptors (Lipinski definition) is 3. The fourth-order valence-corrected chi connectivity index (χ4v) is 5.14. The van der Waals surface area contributed by atoms with Crippen LogP contribution in [0.5, 0.6) is 5.75 Å². The zero-order valence-electron chi connectivity index (χ0n) is 14.7. The Morgan fingerprint density at radius 1 is 1.00 bits per heavy atom. The minimum Gasteiger partial charge on any atom is -0.496 e. The molecule has 1 unspecified atom stereocenters. The van der Waals surface area contributed by atoms with Gasteiger partial charge in [-0.2, -0.15) is 4.31 Å². The smallest absolute Gasteiger partial charge is 0.244 e. The van der Waals surface area contributed by atoms with Gasteiger partial charge >= 0.3 is 0 Å². The van der Waals surface area contributed by atoms with Crippen LogP contribution in [0.25, 0.3) is 0 Å². The van der Waals surface area contributed by atoms with E-state index in [1.54, 1.807) is 7.11 Å². The van der Waals surface area contributed by atoms with Gasteiger partial charge in [0.15, 0.2) is 0 Å². The molecule has 2 heterocycles. The lowest BCUT2D eigenvalue weighted by molar-refractivity contribution is 0.290. The summed E-state index contributed by atoms with van der Waals surface area (Å²) in [7, 11) is -2.25. The van der Waals surface area contributed by atoms with E-state index in [-0.39, 0.29) is 4.90 Å². The summed E-state index contributed by atoms with van der Waals surface area (Å²) in [5.41, 5.74) is 1.64. The van der Waals surface area contributed by atoms with E-state index < -0.39 is 21.9 Å². The maximum absolute atomic E-state index is 13.4. The zero-order valence-corrected chi connectivity index (χ0v) is 15.6. The van der Waals surface area contributed by atoms with Crippen molar-refractivity contribution in [2.45, 2.75) is 17.5 Å². The minimum atomic E-state index is -3.82. The molecule has 0 N–H and O–H groups in total. The summed E-state index contributed by atoms with van der Waals surface area (Å²) in [4.78, 5) is 0.0730. The third-order valence-electron chi connectivity index (χ3n) is 4.85. The van der Waals surface area contributed by atoms with E-state index in [0.29, 0.717) is 18.8 Å². The van der Waals surface area contributed by atoms with Crippen LogP contribution < -0.4 is 4.74 Å². The van der Waals surface area contributed by atoms with Gasteiger partial charge in [0.2, 0.25) is 10.0 Å². The quantitative estimate of drug-likeness (QED) is 0.690. The molecule has 1 aliphatic rings. The van der Waals surface area contributed by atoms with Gasteiger partial charge in [0.1, 0.15) is 11.6 Å². The second-order valence-electron chi connectivity index (χ2n) is 6.34. The average molecular weight is 386 g/mol. The van der Waals surface area contributed by atoms with Crippen LogP contribution in [0.1, 0.15) is 17.3 Å². The van der Waals surface area contributed by atoms with Crippen LogP contribution in [0.4, 0.5) is 4.39 Å². The van der Waals surface area contributed by atoms with Crippen molar-refractivity contribution in [2.75, 3.05) is 13.7 Å². The van der Waals surface area contributed by atoms with E-state index in [1.165, 1.54) is 16.4 Å². The predicted molar refractivity (Wildman–Crippen MR) is 99.6 cm³/mol. The first-order valence-corrected chi connectivity index (χ1v) is 10.0. The summed E-state index contributed by atoms with van der Waals surface area (Å²) >= 11 is 0. The number of ether oxygens (including phenoxy) is 1. The maximum Gasteiger partial charge on any atom is 0.244 e. The molecular weight excluding hydrogens is 367 g/mol. The summed E-state index contributed by atoms with van der Waals surface area (Å²) < 4.78 is 49.0. The van der Waals surface area contributed by atoms with Crippen LogP contribution in [-0.2, 0) is 16.6 Å². The highest BCUT2D eigenvalue weighted by Gasteiger charge is 2.38. The van der Waals surface area contributed by atoms with Gasteiger partial charge in [-0.1, -0.05) is 18.2 Å². The third kappa shape index (κ3) is 3.02. The molecular formula is C20H19FN2O3S. The molecule has 0 spiro atoms. The number of halogens is 1. The third-order valence-corrected chi connectivity index (χ3v) is 6.73. The Labute approximate surface area is 157 Å². The number of hydrogen-bond donors (Lipinski definition) is 0. The molecule has 0 saturated carbocycles. The SMILES string of the molecule is COc1ccccc1C1c2cccn2CCN1S(=O)(=O)c1ccc(F)cc1. The van der Waals surface area contributed by atoms with Gasteiger partial charge < -0.3 is 9.30 Å². The van der Waals surface area contributed by atoms with Gasteiger partial charge in [0.05, 0.1) is 18.0 Å². The molecule has 7 heteroatoms. The minimum absolute atomic E-state index is 0.0730. The first kappa shape index (κ1) is 17.8. The van der Waals surface area contributed by atoms with Crippen molar-refractivity contribution in [1.29, 1.82) is 0 Å². The lowest BCUT2D eigenvalue weighted by Crippen LogP contribution is -2.42. The fourth-order valence-electron chi connectivity index (χ4n) is 3.57. The molecule has 0 fully saturated rings. The van der Waals surface area contributed by atoms with Crippen LogP contribution in [0, 0.1) is 5.82 Å². The first-order valence-electron chi connectivity index (χ1n) is 8.58. The number of nitrogens with zero attached hydrogens (tertiary/aromatic N) is 2. The number of aromatic nitrogens is 1. The normalized spacial score (nSPS) is 17.5. The van der Waals surface area contributed by atoms with Gasteiger partial charge in [-0.25, -0.2) is 12.8 Å². The Morgan fingerprint density at radius 2 is 1.74 bits per heavy atom. The van der Waals surface area contributed by atoms with Gasteiger partial charge in [0.25, 0.3) is 0 Å². The van der Waals surface area contributed by atoms with Crippen molar-refractivity contribution in [3.05, 3.63) is 83.9 Å². The second-order valence-corrected chi connectivity index (χ2v) is 8.23. The first-order chi connectivity index (χ1) is 13.0. The number of methoxy groups -OCH3 is 1. The van der Waals surface area contributed by atoms with Crippen LogP contribution in [0.2, 0.25) is 0 Å². The van der Waals surface area contributed by atoms with Crippen molar-refractivity contribution in [2.24, 2.45) is 0 Å². The monoisotopic (exact) mass is 386 g/mol. The zero-order chi connectivity index (χ0) is 19.0. The van der Waals surface area contributed by atoms with Crippen molar-refractivity contribution in [3.8, 4) is 5.75 Å². The molecule has 0 aliphatic carbocycles. The Kier molecular flexibility index (Phi) is 4.49. The molecule has 0 bridgehead atoms. The van der Waals surface area contributed by atoms with Crippen molar-refractivity contribution in [1.82, 2.24) is 8.87 Å². The van der Waals surface area contributed by atoms with Crippen molar-refractivity contribution < 1.29 is 17.5 Å². The largest absolute Gasteiger partial charge is 0.496 e. The highest BCUT2D eigenvalue weighted by atomic mass is 32.2. The summed E-state index contributed by atoms with van der Waals surface area (Å²) in [6.07, 6.45) is 1.94. The van der Waals surface area contributed by atoms with Crippen LogP contribution in [0.15, 0.2) is 71.8 Å². The Hall–Kier alpha value is -2.64. The van der Waals surface area contributed by atoms with E-state index in [4.69, 9.17) is 4.74 Å². The van der Waals surface area contributed by atoms with Crippen molar-refractivity contribution in [3.63, 3.8) is 0 Å². The standard InChI is InChI=1S/C20H19FN2O3S/c1-26-19-7-3-2-5-17(19)20-18-6-4-12-22(18)13-14-23(20)27(24,25)16-10-8-15(21)9-11-16/h2-12,20H,13-14H2,1H3. The molecule has 3 aromatic rings. The molecule has 1 aliphatic heterocycles. The molecule has 0 radical (unpaired) electrons. The molecule has 4 rings (SSSR count). The van der Waals surface area contributed by atoms with Gasteiger partial charge in [0, 0.05) is 30.5 Å². The number of benzene rings is 2. The highest BCUT2D eigenvalue weighted by molar-refractivity contribution is 7.89. The fraction of sp³-hybridized carbons (Fsp3) is 0.200. The molecule has 27 heavy (non-hydrogen) atoms. The van der Waals surface area contributed by atoms with E-state index in [2.05, 4.69) is 0 Å². The molecule has 2 aromatic carbocycles. The number of sulfonamides is 1. The lowest BCUT2D eigenvalue weighted by Gasteiger charge is -2.36. The number of para-hydroxylation sites is 1. The molecule has 140 valence electrons. The van der Waals surface area contributed by atoms with Crippen molar-refractivity contribution >= 4 is 10.0 Å². The molecule has 0 amide bonds. The van der Waals surface area contributed by atoms with E-state index in [9.17, 15) is 12.8 Å². The van der Waals surface area contributed by atoms with E-state index >= 15 is 0 Å². The molecule has 5 nitrogen and oxygen atoms in total. The average Bonchev–Trinajstić information content (AvgIpc) is 3.16. The summed E-state index contributed by atoms with van der Waals surface area (Å²) in [5.74, 6) is 0.152. The Balaban J connectivity index is 1.87. The van der Waals surface area contributed by atoms with E-state index in [0.717, 1.165) is 23.4 Å². The lowest BCUT2D eigenvalue weighted by atomic mass is 10.0. The highest BCUT2D eigenvalue weighted by Crippen LogP contribution is 2.40. The Bertz CT molecular complexity index is 1060. The van der Waals surface area contributed by atoms with Gasteiger partial charge in [-0.05, 0) is 42.5 Å². The maximum atomic E-state index is 13.4. The molecule has 0 saturated heterocycles. The van der Waals surface area contributed by atoms with Gasteiger partial charge in [-0.15, -0.1) is 0 Å². The van der Waals surface area contributed by atoms with Crippen LogP contribution >= 0.6 is 0 Å². The van der Waals surface area contributed by atoms with Gasteiger partial charge in [-0.3, -0.25) is 0 Å². The summed E-state index contributed by atoms with van der Waals surface area (Å²) in [6, 6.07) is 15.6. The van der Waals surface area contributed by atoms with Crippen LogP contribution in [-0.4, -0.2) is 30.9 Å². The molecule has 1 atom stereocenters. The summed E-state index contributed by atoms with van der Waals surface area (Å²) in [6.45, 7) is 0.860. The van der Waals surface area contributed by atoms with E-state index in [1.807, 2.05) is 47.2 Å². The van der Waals surface area contributed by atoms with Crippen LogP contribution in [0.3, 0.4) is 0 Å². The second kappa shape index (κ2) is 6.83.